The third kappa shape index (κ3) is 10.0. The Morgan fingerprint density at radius 1 is 1.23 bits per heavy atom. The molecule has 0 amide bonds. The Hall–Kier alpha value is -0.810. The van der Waals surface area contributed by atoms with E-state index in [1.807, 2.05) is 0 Å². The maximum absolute atomic E-state index is 5.86. The van der Waals surface area contributed by atoms with Crippen LogP contribution in [0.25, 0.3) is 0 Å². The summed E-state index contributed by atoms with van der Waals surface area (Å²) in [6, 6.07) is 0. The number of rotatable bonds is 10. The van der Waals surface area contributed by atoms with Gasteiger partial charge in [-0.2, -0.15) is 0 Å². The minimum Gasteiger partial charge on any atom is -0.381 e. The molecule has 1 saturated heterocycles. The summed E-state index contributed by atoms with van der Waals surface area (Å²) in [6.07, 6.45) is 5.87. The van der Waals surface area contributed by atoms with E-state index in [4.69, 9.17) is 9.47 Å². The van der Waals surface area contributed by atoms with Gasteiger partial charge in [0.2, 0.25) is 0 Å². The molecule has 1 heterocycles. The zero-order chi connectivity index (χ0) is 16.0. The van der Waals surface area contributed by atoms with E-state index in [9.17, 15) is 0 Å². The fourth-order valence-corrected chi connectivity index (χ4v) is 2.41. The Bertz CT molecular complexity index is 290. The summed E-state index contributed by atoms with van der Waals surface area (Å²) in [5.74, 6) is 1.70. The van der Waals surface area contributed by atoms with Gasteiger partial charge in [0.05, 0.1) is 6.10 Å². The maximum Gasteiger partial charge on any atom is 0.191 e. The van der Waals surface area contributed by atoms with Crippen LogP contribution in [0.5, 0.6) is 0 Å². The molecule has 0 aromatic carbocycles. The lowest BCUT2D eigenvalue weighted by Gasteiger charge is -2.22. The van der Waals surface area contributed by atoms with Crippen LogP contribution in [-0.2, 0) is 9.47 Å². The van der Waals surface area contributed by atoms with Crippen molar-refractivity contribution in [1.82, 2.24) is 10.6 Å². The van der Waals surface area contributed by atoms with Gasteiger partial charge in [0, 0.05) is 39.5 Å². The average molecular weight is 313 g/mol. The molecule has 0 saturated carbocycles. The molecule has 0 aromatic rings. The number of ether oxygens (including phenoxy) is 2. The van der Waals surface area contributed by atoms with Gasteiger partial charge in [-0.15, -0.1) is 0 Å². The minimum absolute atomic E-state index is 0.389. The molecular formula is C17H35N3O2. The predicted octanol–water partition coefficient (Wildman–Crippen LogP) is 2.56. The molecule has 1 aliphatic heterocycles. The zero-order valence-electron chi connectivity index (χ0n) is 14.7. The maximum atomic E-state index is 5.86. The van der Waals surface area contributed by atoms with Crippen LogP contribution in [0.15, 0.2) is 4.99 Å². The zero-order valence-corrected chi connectivity index (χ0v) is 14.7. The van der Waals surface area contributed by atoms with Gasteiger partial charge in [0.25, 0.3) is 0 Å². The Labute approximate surface area is 136 Å². The number of aliphatic imine (C=N–C) groups is 1. The molecule has 1 fully saturated rings. The van der Waals surface area contributed by atoms with Crippen molar-refractivity contribution < 1.29 is 9.47 Å². The van der Waals surface area contributed by atoms with Crippen molar-refractivity contribution in [2.45, 2.75) is 59.0 Å². The van der Waals surface area contributed by atoms with Gasteiger partial charge in [0.1, 0.15) is 0 Å². The molecule has 1 aliphatic rings. The highest BCUT2D eigenvalue weighted by Crippen LogP contribution is 2.10. The van der Waals surface area contributed by atoms with E-state index in [1.165, 1.54) is 12.8 Å². The number of hydrogen-bond acceptors (Lipinski definition) is 3. The Morgan fingerprint density at radius 2 is 2.00 bits per heavy atom. The first-order valence-corrected chi connectivity index (χ1v) is 8.94. The van der Waals surface area contributed by atoms with Crippen LogP contribution in [0.1, 0.15) is 52.9 Å². The van der Waals surface area contributed by atoms with Crippen LogP contribution in [0.4, 0.5) is 0 Å². The summed E-state index contributed by atoms with van der Waals surface area (Å²) in [5.41, 5.74) is 0. The van der Waals surface area contributed by atoms with Gasteiger partial charge >= 0.3 is 0 Å². The van der Waals surface area contributed by atoms with Crippen LogP contribution in [0.3, 0.4) is 0 Å². The molecule has 1 rings (SSSR count). The summed E-state index contributed by atoms with van der Waals surface area (Å²) in [6.45, 7) is 11.8. The molecule has 0 unspecified atom stereocenters. The van der Waals surface area contributed by atoms with Gasteiger partial charge in [-0.25, -0.2) is 0 Å². The largest absolute Gasteiger partial charge is 0.381 e. The predicted molar refractivity (Wildman–Crippen MR) is 92.5 cm³/mol. The molecule has 130 valence electrons. The van der Waals surface area contributed by atoms with Crippen LogP contribution in [-0.4, -0.2) is 51.5 Å². The van der Waals surface area contributed by atoms with Gasteiger partial charge in [-0.1, -0.05) is 13.8 Å². The Balaban J connectivity index is 2.09. The van der Waals surface area contributed by atoms with E-state index < -0.39 is 0 Å². The molecule has 5 nitrogen and oxygen atoms in total. The highest BCUT2D eigenvalue weighted by molar-refractivity contribution is 5.79. The van der Waals surface area contributed by atoms with E-state index >= 15 is 0 Å². The van der Waals surface area contributed by atoms with E-state index in [-0.39, 0.29) is 0 Å². The SMILES string of the molecule is CCNC(=NCCCOC1CCOCC1)NCCCC(C)C. The van der Waals surface area contributed by atoms with Crippen molar-refractivity contribution in [1.29, 1.82) is 0 Å². The topological polar surface area (TPSA) is 54.9 Å². The fraction of sp³-hybridized carbons (Fsp3) is 0.941. The molecule has 2 N–H and O–H groups in total. The average Bonchev–Trinajstić information content (AvgIpc) is 2.52. The van der Waals surface area contributed by atoms with Crippen molar-refractivity contribution in [2.75, 3.05) is 39.5 Å². The lowest BCUT2D eigenvalue weighted by atomic mass is 10.1. The van der Waals surface area contributed by atoms with E-state index in [0.29, 0.717) is 6.10 Å². The lowest BCUT2D eigenvalue weighted by molar-refractivity contribution is -0.0318. The minimum atomic E-state index is 0.389. The molecule has 0 bridgehead atoms. The van der Waals surface area contributed by atoms with Crippen molar-refractivity contribution in [3.63, 3.8) is 0 Å². The number of nitrogens with one attached hydrogen (secondary N) is 2. The summed E-state index contributed by atoms with van der Waals surface area (Å²) in [7, 11) is 0. The molecule has 22 heavy (non-hydrogen) atoms. The molecule has 0 aromatic heterocycles. The van der Waals surface area contributed by atoms with Crippen molar-refractivity contribution in [2.24, 2.45) is 10.9 Å². The summed E-state index contributed by atoms with van der Waals surface area (Å²) < 4.78 is 11.2. The molecule has 0 radical (unpaired) electrons. The molecule has 5 heteroatoms. The fourth-order valence-electron chi connectivity index (χ4n) is 2.41. The third-order valence-corrected chi connectivity index (χ3v) is 3.69. The first kappa shape index (κ1) is 19.2. The number of nitrogens with zero attached hydrogens (tertiary/aromatic N) is 1. The quantitative estimate of drug-likeness (QED) is 0.370. The second-order valence-electron chi connectivity index (χ2n) is 6.26. The van der Waals surface area contributed by atoms with Gasteiger partial charge in [0.15, 0.2) is 5.96 Å². The van der Waals surface area contributed by atoms with Crippen LogP contribution in [0.2, 0.25) is 0 Å². The van der Waals surface area contributed by atoms with Crippen molar-refractivity contribution in [3.05, 3.63) is 0 Å². The van der Waals surface area contributed by atoms with Crippen LogP contribution in [0, 0.1) is 5.92 Å². The number of hydrogen-bond donors (Lipinski definition) is 2. The van der Waals surface area contributed by atoms with Crippen molar-refractivity contribution >= 4 is 5.96 Å². The normalized spacial score (nSPS) is 17.0. The smallest absolute Gasteiger partial charge is 0.191 e. The van der Waals surface area contributed by atoms with E-state index in [1.54, 1.807) is 0 Å². The molecule has 0 atom stereocenters. The lowest BCUT2D eigenvalue weighted by Crippen LogP contribution is -2.38. The van der Waals surface area contributed by atoms with Gasteiger partial charge in [-0.3, -0.25) is 4.99 Å². The van der Waals surface area contributed by atoms with E-state index in [2.05, 4.69) is 36.4 Å². The second-order valence-corrected chi connectivity index (χ2v) is 6.26. The van der Waals surface area contributed by atoms with Gasteiger partial charge < -0.3 is 20.1 Å². The van der Waals surface area contributed by atoms with Crippen LogP contribution < -0.4 is 10.6 Å². The second kappa shape index (κ2) is 12.7. The van der Waals surface area contributed by atoms with Crippen molar-refractivity contribution in [3.8, 4) is 0 Å². The monoisotopic (exact) mass is 313 g/mol. The Morgan fingerprint density at radius 3 is 2.68 bits per heavy atom. The van der Waals surface area contributed by atoms with E-state index in [0.717, 1.165) is 70.6 Å². The standard InChI is InChI=1S/C17H35N3O2/c1-4-18-17(19-10-5-7-15(2)3)20-11-6-12-22-16-8-13-21-14-9-16/h15-16H,4-14H2,1-3H3,(H2,18,19,20). The number of guanidine groups is 1. The first-order chi connectivity index (χ1) is 10.7. The molecular weight excluding hydrogens is 278 g/mol. The first-order valence-electron chi connectivity index (χ1n) is 8.94. The Kier molecular flexibility index (Phi) is 11.1. The summed E-state index contributed by atoms with van der Waals surface area (Å²) >= 11 is 0. The van der Waals surface area contributed by atoms with Gasteiger partial charge in [-0.05, 0) is 44.9 Å². The highest BCUT2D eigenvalue weighted by Gasteiger charge is 2.13. The highest BCUT2D eigenvalue weighted by atomic mass is 16.5. The third-order valence-electron chi connectivity index (χ3n) is 3.69. The summed E-state index contributed by atoms with van der Waals surface area (Å²) in [4.78, 5) is 4.60. The summed E-state index contributed by atoms with van der Waals surface area (Å²) in [5, 5.41) is 6.69. The molecule has 0 aliphatic carbocycles. The van der Waals surface area contributed by atoms with Crippen LogP contribution >= 0.6 is 0 Å². The molecule has 0 spiro atoms.